The predicted octanol–water partition coefficient (Wildman–Crippen LogP) is 3.57. The lowest BCUT2D eigenvalue weighted by atomic mass is 9.79. The lowest BCUT2D eigenvalue weighted by Crippen LogP contribution is -2.52. The highest BCUT2D eigenvalue weighted by Crippen LogP contribution is 2.38. The fourth-order valence-electron chi connectivity index (χ4n) is 5.42. The van der Waals surface area contributed by atoms with E-state index in [-0.39, 0.29) is 11.5 Å². The second-order valence-corrected chi connectivity index (χ2v) is 9.43. The Morgan fingerprint density at radius 2 is 1.93 bits per heavy atom. The molecule has 2 amide bonds. The van der Waals surface area contributed by atoms with Gasteiger partial charge >= 0.3 is 0 Å². The van der Waals surface area contributed by atoms with Crippen LogP contribution < -0.4 is 5.32 Å². The molecule has 3 fully saturated rings. The van der Waals surface area contributed by atoms with Crippen LogP contribution >= 0.6 is 0 Å². The predicted molar refractivity (Wildman–Crippen MR) is 115 cm³/mol. The first-order chi connectivity index (χ1) is 14.6. The molecule has 30 heavy (non-hydrogen) atoms. The maximum absolute atomic E-state index is 12.7. The smallest absolute Gasteiger partial charge is 0.252 e. The number of carbonyl (C=O) groups is 2. The van der Waals surface area contributed by atoms with Crippen LogP contribution in [-0.2, 0) is 9.53 Å². The number of piperidine rings is 1. The zero-order valence-electron chi connectivity index (χ0n) is 18.0. The lowest BCUT2D eigenvalue weighted by molar-refractivity contribution is -0.147. The maximum atomic E-state index is 12.7. The van der Waals surface area contributed by atoms with E-state index in [9.17, 15) is 9.59 Å². The Hall–Kier alpha value is -1.95. The number of nitrogens with zero attached hydrogens (tertiary/aromatic N) is 2. The SMILES string of the molecule is O=C(NCC1CCOC2(CCN(C(=O)CC3CCCCC3)CC2)C1)c1cccnc1. The Morgan fingerprint density at radius 3 is 2.67 bits per heavy atom. The molecule has 1 aromatic rings. The van der Waals surface area contributed by atoms with E-state index in [0.29, 0.717) is 29.9 Å². The van der Waals surface area contributed by atoms with Gasteiger partial charge < -0.3 is 15.0 Å². The molecule has 2 saturated heterocycles. The van der Waals surface area contributed by atoms with Crippen LogP contribution in [0.3, 0.4) is 0 Å². The van der Waals surface area contributed by atoms with Gasteiger partial charge in [-0.2, -0.15) is 0 Å². The van der Waals surface area contributed by atoms with Gasteiger partial charge in [-0.3, -0.25) is 14.6 Å². The van der Waals surface area contributed by atoms with Gasteiger partial charge in [0.1, 0.15) is 0 Å². The molecule has 1 unspecified atom stereocenters. The first-order valence-electron chi connectivity index (χ1n) is 11.7. The molecule has 3 heterocycles. The minimum absolute atomic E-state index is 0.0632. The molecule has 0 aromatic carbocycles. The Morgan fingerprint density at radius 1 is 1.13 bits per heavy atom. The highest BCUT2D eigenvalue weighted by Gasteiger charge is 2.41. The number of ether oxygens (including phenoxy) is 1. The minimum Gasteiger partial charge on any atom is -0.375 e. The van der Waals surface area contributed by atoms with Crippen molar-refractivity contribution in [2.45, 2.75) is 69.8 Å². The van der Waals surface area contributed by atoms with Gasteiger partial charge in [0.25, 0.3) is 5.91 Å². The van der Waals surface area contributed by atoms with Crippen LogP contribution in [0.5, 0.6) is 0 Å². The summed E-state index contributed by atoms with van der Waals surface area (Å²) in [6, 6.07) is 3.57. The molecule has 2 aliphatic heterocycles. The van der Waals surface area contributed by atoms with Gasteiger partial charge in [-0.1, -0.05) is 19.3 Å². The molecular weight excluding hydrogens is 378 g/mol. The summed E-state index contributed by atoms with van der Waals surface area (Å²) in [5.74, 6) is 1.30. The molecule has 4 rings (SSSR count). The monoisotopic (exact) mass is 413 g/mol. The second-order valence-electron chi connectivity index (χ2n) is 9.43. The number of pyridine rings is 1. The number of rotatable bonds is 5. The van der Waals surface area contributed by atoms with Crippen LogP contribution in [0.2, 0.25) is 0 Å². The molecule has 0 bridgehead atoms. The van der Waals surface area contributed by atoms with Crippen LogP contribution in [0.1, 0.15) is 74.6 Å². The quantitative estimate of drug-likeness (QED) is 0.801. The van der Waals surface area contributed by atoms with Crippen LogP contribution in [0.15, 0.2) is 24.5 Å². The molecular formula is C24H35N3O3. The molecule has 6 heteroatoms. The van der Waals surface area contributed by atoms with Gasteiger partial charge in [0, 0.05) is 45.1 Å². The van der Waals surface area contributed by atoms with E-state index >= 15 is 0 Å². The summed E-state index contributed by atoms with van der Waals surface area (Å²) in [7, 11) is 0. The van der Waals surface area contributed by atoms with Crippen molar-refractivity contribution in [2.24, 2.45) is 11.8 Å². The number of nitrogens with one attached hydrogen (secondary N) is 1. The third kappa shape index (κ3) is 5.39. The summed E-state index contributed by atoms with van der Waals surface area (Å²) >= 11 is 0. The van der Waals surface area contributed by atoms with Gasteiger partial charge in [-0.15, -0.1) is 0 Å². The van der Waals surface area contributed by atoms with E-state index in [1.165, 1.54) is 32.1 Å². The summed E-state index contributed by atoms with van der Waals surface area (Å²) in [6.45, 7) is 3.02. The van der Waals surface area contributed by atoms with Crippen molar-refractivity contribution < 1.29 is 14.3 Å². The van der Waals surface area contributed by atoms with E-state index in [2.05, 4.69) is 15.2 Å². The van der Waals surface area contributed by atoms with Crippen molar-refractivity contribution in [1.82, 2.24) is 15.2 Å². The molecule has 6 nitrogen and oxygen atoms in total. The highest BCUT2D eigenvalue weighted by atomic mass is 16.5. The minimum atomic E-state index is -0.121. The number of hydrogen-bond donors (Lipinski definition) is 1. The largest absolute Gasteiger partial charge is 0.375 e. The average molecular weight is 414 g/mol. The van der Waals surface area contributed by atoms with E-state index in [4.69, 9.17) is 4.74 Å². The first kappa shape index (κ1) is 21.3. The van der Waals surface area contributed by atoms with Crippen molar-refractivity contribution in [2.75, 3.05) is 26.2 Å². The van der Waals surface area contributed by atoms with Crippen molar-refractivity contribution in [3.63, 3.8) is 0 Å². The van der Waals surface area contributed by atoms with Crippen molar-refractivity contribution >= 4 is 11.8 Å². The Kier molecular flexibility index (Phi) is 7.03. The van der Waals surface area contributed by atoms with Crippen LogP contribution in [0.4, 0.5) is 0 Å². The molecule has 164 valence electrons. The summed E-state index contributed by atoms with van der Waals surface area (Å²) < 4.78 is 6.25. The molecule has 1 aromatic heterocycles. The third-order valence-corrected chi connectivity index (χ3v) is 7.29. The second kappa shape index (κ2) is 9.90. The molecule has 1 saturated carbocycles. The topological polar surface area (TPSA) is 71.5 Å². The summed E-state index contributed by atoms with van der Waals surface area (Å²) in [4.78, 5) is 31.1. The number of carbonyl (C=O) groups excluding carboxylic acids is 2. The van der Waals surface area contributed by atoms with Crippen LogP contribution in [-0.4, -0.2) is 53.5 Å². The van der Waals surface area contributed by atoms with Gasteiger partial charge in [0.05, 0.1) is 11.2 Å². The Bertz CT molecular complexity index is 710. The average Bonchev–Trinajstić information content (AvgIpc) is 2.79. The third-order valence-electron chi connectivity index (χ3n) is 7.29. The molecule has 1 N–H and O–H groups in total. The fraction of sp³-hybridized carbons (Fsp3) is 0.708. The van der Waals surface area contributed by atoms with Crippen molar-refractivity contribution in [3.8, 4) is 0 Å². The van der Waals surface area contributed by atoms with Crippen LogP contribution in [0, 0.1) is 11.8 Å². The first-order valence-corrected chi connectivity index (χ1v) is 11.7. The molecule has 1 atom stereocenters. The van der Waals surface area contributed by atoms with Gasteiger partial charge in [-0.25, -0.2) is 0 Å². The Labute approximate surface area is 179 Å². The number of likely N-dealkylation sites (tertiary alicyclic amines) is 1. The summed E-state index contributed by atoms with van der Waals surface area (Å²) in [5.41, 5.74) is 0.480. The van der Waals surface area contributed by atoms with E-state index < -0.39 is 0 Å². The zero-order valence-corrected chi connectivity index (χ0v) is 18.0. The van der Waals surface area contributed by atoms with E-state index in [1.54, 1.807) is 24.5 Å². The fourth-order valence-corrected chi connectivity index (χ4v) is 5.42. The zero-order chi connectivity index (χ0) is 20.8. The molecule has 3 aliphatic rings. The van der Waals surface area contributed by atoms with E-state index in [1.807, 2.05) is 0 Å². The van der Waals surface area contributed by atoms with Gasteiger partial charge in [0.2, 0.25) is 5.91 Å². The van der Waals surface area contributed by atoms with Crippen molar-refractivity contribution in [3.05, 3.63) is 30.1 Å². The lowest BCUT2D eigenvalue weighted by Gasteiger charge is -2.46. The number of aromatic nitrogens is 1. The number of hydrogen-bond acceptors (Lipinski definition) is 4. The summed E-state index contributed by atoms with van der Waals surface area (Å²) in [5, 5.41) is 3.06. The van der Waals surface area contributed by atoms with Crippen molar-refractivity contribution in [1.29, 1.82) is 0 Å². The normalized spacial score (nSPS) is 24.5. The van der Waals surface area contributed by atoms with Gasteiger partial charge in [0.15, 0.2) is 0 Å². The van der Waals surface area contributed by atoms with Gasteiger partial charge in [-0.05, 0) is 62.5 Å². The standard InChI is InChI=1S/C24H35N3O3/c28-22(15-19-5-2-1-3-6-19)27-12-9-24(10-13-27)16-20(8-14-30-24)17-26-23(29)21-7-4-11-25-18-21/h4,7,11,18-20H,1-3,5-6,8-10,12-17H2,(H,26,29). The highest BCUT2D eigenvalue weighted by molar-refractivity contribution is 5.93. The maximum Gasteiger partial charge on any atom is 0.252 e. The molecule has 0 radical (unpaired) electrons. The van der Waals surface area contributed by atoms with Crippen LogP contribution in [0.25, 0.3) is 0 Å². The molecule has 1 spiro atoms. The Balaban J connectivity index is 1.23. The van der Waals surface area contributed by atoms with E-state index in [0.717, 1.165) is 51.8 Å². The summed E-state index contributed by atoms with van der Waals surface area (Å²) in [6.07, 6.45) is 14.1. The number of amides is 2. The molecule has 1 aliphatic carbocycles.